The predicted octanol–water partition coefficient (Wildman–Crippen LogP) is 2.53. The summed E-state index contributed by atoms with van der Waals surface area (Å²) in [5.74, 6) is 0.687. The lowest BCUT2D eigenvalue weighted by molar-refractivity contribution is -0.143. The molecule has 0 radical (unpaired) electrons. The molecule has 3 heterocycles. The summed E-state index contributed by atoms with van der Waals surface area (Å²) in [6.07, 6.45) is 3.58. The second-order valence-corrected chi connectivity index (χ2v) is 6.82. The van der Waals surface area contributed by atoms with E-state index in [2.05, 4.69) is 11.4 Å². The highest BCUT2D eigenvalue weighted by Crippen LogP contribution is 2.40. The number of nitrogens with one attached hydrogen (secondary N) is 1. The fourth-order valence-electron chi connectivity index (χ4n) is 4.04. The number of hydrogen-bond acceptors (Lipinski definition) is 5. The van der Waals surface area contributed by atoms with Gasteiger partial charge in [-0.25, -0.2) is 4.98 Å². The Hall–Kier alpha value is -2.14. The zero-order chi connectivity index (χ0) is 16.7. The molecular weight excluding hydrogens is 304 g/mol. The normalized spacial score (nSPS) is 26.0. The summed E-state index contributed by atoms with van der Waals surface area (Å²) in [5.41, 5.74) is 2.84. The lowest BCUT2D eigenvalue weighted by Gasteiger charge is -2.29. The number of esters is 1. The first-order chi connectivity index (χ1) is 11.6. The van der Waals surface area contributed by atoms with Crippen molar-refractivity contribution in [1.82, 2.24) is 10.3 Å². The van der Waals surface area contributed by atoms with E-state index in [4.69, 9.17) is 14.5 Å². The van der Waals surface area contributed by atoms with Crippen molar-refractivity contribution in [3.8, 4) is 5.75 Å². The van der Waals surface area contributed by atoms with Crippen molar-refractivity contribution in [2.45, 2.75) is 44.2 Å². The molecule has 0 bridgehead atoms. The van der Waals surface area contributed by atoms with E-state index in [1.165, 1.54) is 18.1 Å². The van der Waals surface area contributed by atoms with Gasteiger partial charge in [-0.3, -0.25) is 4.79 Å². The molecule has 126 valence electrons. The third kappa shape index (κ3) is 2.44. The SMILES string of the molecule is COC(=O)[C@@H]1CC2(CCCc3c(c(C)nc4ccccc34)O2)CN1. The predicted molar refractivity (Wildman–Crippen MR) is 91.2 cm³/mol. The second kappa shape index (κ2) is 5.74. The van der Waals surface area contributed by atoms with E-state index in [9.17, 15) is 4.79 Å². The Labute approximate surface area is 141 Å². The van der Waals surface area contributed by atoms with Crippen LogP contribution in [0.5, 0.6) is 5.75 Å². The smallest absolute Gasteiger partial charge is 0.323 e. The minimum Gasteiger partial charge on any atom is -0.484 e. The van der Waals surface area contributed by atoms with Gasteiger partial charge in [0.15, 0.2) is 0 Å². The van der Waals surface area contributed by atoms with Crippen molar-refractivity contribution in [1.29, 1.82) is 0 Å². The van der Waals surface area contributed by atoms with Crippen LogP contribution in [0, 0.1) is 6.92 Å². The van der Waals surface area contributed by atoms with E-state index < -0.39 is 0 Å². The molecule has 5 heteroatoms. The molecule has 0 amide bonds. The number of aromatic nitrogens is 1. The van der Waals surface area contributed by atoms with Crippen LogP contribution in [0.3, 0.4) is 0 Å². The van der Waals surface area contributed by atoms with Gasteiger partial charge >= 0.3 is 5.97 Å². The average Bonchev–Trinajstić information content (AvgIpc) is 2.90. The molecule has 24 heavy (non-hydrogen) atoms. The van der Waals surface area contributed by atoms with Crippen LogP contribution in [-0.4, -0.2) is 36.3 Å². The molecule has 4 rings (SSSR count). The Morgan fingerprint density at radius 3 is 3.08 bits per heavy atom. The number of carbonyl (C=O) groups is 1. The van der Waals surface area contributed by atoms with Crippen molar-refractivity contribution in [3.63, 3.8) is 0 Å². The number of benzene rings is 1. The number of aryl methyl sites for hydroxylation is 2. The summed E-state index contributed by atoms with van der Waals surface area (Å²) in [6.45, 7) is 2.67. The van der Waals surface area contributed by atoms with Gasteiger partial charge in [-0.15, -0.1) is 0 Å². The van der Waals surface area contributed by atoms with Crippen LogP contribution in [0.1, 0.15) is 30.5 Å². The van der Waals surface area contributed by atoms with Gasteiger partial charge in [0.25, 0.3) is 0 Å². The number of rotatable bonds is 1. The maximum absolute atomic E-state index is 11.9. The van der Waals surface area contributed by atoms with Crippen LogP contribution in [0.4, 0.5) is 0 Å². The van der Waals surface area contributed by atoms with Crippen LogP contribution >= 0.6 is 0 Å². The monoisotopic (exact) mass is 326 g/mol. The first kappa shape index (κ1) is 15.4. The molecule has 2 atom stereocenters. The summed E-state index contributed by atoms with van der Waals surface area (Å²) >= 11 is 0. The molecule has 1 aromatic heterocycles. The molecule has 5 nitrogen and oxygen atoms in total. The van der Waals surface area contributed by atoms with E-state index in [-0.39, 0.29) is 17.6 Å². The van der Waals surface area contributed by atoms with Gasteiger partial charge in [-0.05, 0) is 32.3 Å². The molecular formula is C19H22N2O3. The maximum Gasteiger partial charge on any atom is 0.323 e. The lowest BCUT2D eigenvalue weighted by Crippen LogP contribution is -2.38. The minimum absolute atomic E-state index is 0.215. The number of fused-ring (bicyclic) bond motifs is 3. The quantitative estimate of drug-likeness (QED) is 0.816. The summed E-state index contributed by atoms with van der Waals surface area (Å²) in [7, 11) is 1.43. The number of hydrogen-bond donors (Lipinski definition) is 1. The van der Waals surface area contributed by atoms with Gasteiger partial charge in [0, 0.05) is 23.9 Å². The van der Waals surface area contributed by atoms with E-state index in [1.807, 2.05) is 25.1 Å². The molecule has 1 N–H and O–H groups in total. The largest absolute Gasteiger partial charge is 0.484 e. The molecule has 1 unspecified atom stereocenters. The number of pyridine rings is 1. The minimum atomic E-state index is -0.348. The van der Waals surface area contributed by atoms with Gasteiger partial charge in [0.05, 0.1) is 18.3 Å². The number of carbonyl (C=O) groups excluding carboxylic acids is 1. The fourth-order valence-corrected chi connectivity index (χ4v) is 4.04. The van der Waals surface area contributed by atoms with Crippen molar-refractivity contribution < 1.29 is 14.3 Å². The first-order valence-electron chi connectivity index (χ1n) is 8.50. The molecule has 2 aliphatic rings. The average molecular weight is 326 g/mol. The summed E-state index contributed by atoms with van der Waals surface area (Å²) in [5, 5.41) is 4.43. The molecule has 1 aromatic carbocycles. The van der Waals surface area contributed by atoms with Crippen molar-refractivity contribution in [2.24, 2.45) is 0 Å². The van der Waals surface area contributed by atoms with E-state index in [0.717, 1.165) is 36.2 Å². The highest BCUT2D eigenvalue weighted by Gasteiger charge is 2.45. The number of ether oxygens (including phenoxy) is 2. The molecule has 2 aromatic rings. The van der Waals surface area contributed by atoms with Crippen molar-refractivity contribution >= 4 is 16.9 Å². The summed E-state index contributed by atoms with van der Waals surface area (Å²) in [4.78, 5) is 16.6. The molecule has 1 saturated heterocycles. The van der Waals surface area contributed by atoms with Gasteiger partial charge in [0.1, 0.15) is 17.4 Å². The first-order valence-corrected chi connectivity index (χ1v) is 8.50. The fraction of sp³-hybridized carbons (Fsp3) is 0.474. The van der Waals surface area contributed by atoms with Crippen LogP contribution in [0.15, 0.2) is 24.3 Å². The topological polar surface area (TPSA) is 60.5 Å². The van der Waals surface area contributed by atoms with Crippen LogP contribution in [0.2, 0.25) is 0 Å². The number of methoxy groups -OCH3 is 1. The number of nitrogens with zero attached hydrogens (tertiary/aromatic N) is 1. The van der Waals surface area contributed by atoms with Gasteiger partial charge in [-0.1, -0.05) is 18.2 Å². The second-order valence-electron chi connectivity index (χ2n) is 6.82. The Morgan fingerprint density at radius 2 is 2.25 bits per heavy atom. The van der Waals surface area contributed by atoms with E-state index in [1.54, 1.807) is 0 Å². The number of para-hydroxylation sites is 1. The highest BCUT2D eigenvalue weighted by molar-refractivity contribution is 5.85. The van der Waals surface area contributed by atoms with Crippen LogP contribution in [-0.2, 0) is 16.0 Å². The Bertz CT molecular complexity index is 805. The van der Waals surface area contributed by atoms with Gasteiger partial charge < -0.3 is 14.8 Å². The molecule has 1 spiro atoms. The highest BCUT2D eigenvalue weighted by atomic mass is 16.5. The van der Waals surface area contributed by atoms with E-state index in [0.29, 0.717) is 13.0 Å². The Kier molecular flexibility index (Phi) is 3.68. The Morgan fingerprint density at radius 1 is 1.42 bits per heavy atom. The van der Waals surface area contributed by atoms with Crippen molar-refractivity contribution in [2.75, 3.05) is 13.7 Å². The lowest BCUT2D eigenvalue weighted by atomic mass is 9.93. The van der Waals surface area contributed by atoms with Gasteiger partial charge in [0.2, 0.25) is 0 Å². The Balaban J connectivity index is 1.74. The zero-order valence-electron chi connectivity index (χ0n) is 14.1. The molecule has 2 aliphatic heterocycles. The summed E-state index contributed by atoms with van der Waals surface area (Å²) < 4.78 is 11.4. The van der Waals surface area contributed by atoms with E-state index >= 15 is 0 Å². The molecule has 1 fully saturated rings. The maximum atomic E-state index is 11.9. The third-order valence-electron chi connectivity index (χ3n) is 5.23. The summed E-state index contributed by atoms with van der Waals surface area (Å²) in [6, 6.07) is 7.94. The zero-order valence-corrected chi connectivity index (χ0v) is 14.1. The van der Waals surface area contributed by atoms with Crippen molar-refractivity contribution in [3.05, 3.63) is 35.5 Å². The molecule has 0 aliphatic carbocycles. The van der Waals surface area contributed by atoms with Gasteiger partial charge in [-0.2, -0.15) is 0 Å². The standard InChI is InChI=1S/C19H22N2O3/c1-12-17-14(13-6-3-4-8-15(13)21-12)7-5-9-19(24-17)10-16(20-11-19)18(22)23-2/h3-4,6,8,16,20H,5,7,9-11H2,1-2H3/t16-,19?/m0/s1. The third-order valence-corrected chi connectivity index (χ3v) is 5.23. The molecule has 0 saturated carbocycles. The van der Waals surface area contributed by atoms with Crippen LogP contribution < -0.4 is 10.1 Å². The van der Waals surface area contributed by atoms with Crippen LogP contribution in [0.25, 0.3) is 10.9 Å².